The molecule has 3 N–H and O–H groups in total. The second-order valence-corrected chi connectivity index (χ2v) is 4.50. The van der Waals surface area contributed by atoms with Gasteiger partial charge in [-0.2, -0.15) is 0 Å². The van der Waals surface area contributed by atoms with Crippen molar-refractivity contribution in [3.05, 3.63) is 59.7 Å². The molecule has 0 radical (unpaired) electrons. The van der Waals surface area contributed by atoms with Crippen molar-refractivity contribution in [2.24, 2.45) is 0 Å². The topological polar surface area (TPSA) is 71.2 Å². The highest BCUT2D eigenvalue weighted by atomic mass is 16.5. The van der Waals surface area contributed by atoms with Crippen LogP contribution in [0, 0.1) is 10.8 Å². The van der Waals surface area contributed by atoms with Gasteiger partial charge in [-0.3, -0.25) is 5.21 Å². The van der Waals surface area contributed by atoms with E-state index >= 15 is 0 Å². The predicted molar refractivity (Wildman–Crippen MR) is 75.2 cm³/mol. The average Bonchev–Trinajstić information content (AvgIpc) is 2.49. The lowest BCUT2D eigenvalue weighted by molar-refractivity contribution is 0.296. The Balaban J connectivity index is 2.42. The van der Waals surface area contributed by atoms with Crippen molar-refractivity contribution in [1.82, 2.24) is 0 Å². The van der Waals surface area contributed by atoms with Crippen LogP contribution in [0.15, 0.2) is 48.5 Å². The maximum atomic E-state index is 10.3. The van der Waals surface area contributed by atoms with Crippen LogP contribution in [0.4, 0.5) is 11.4 Å². The summed E-state index contributed by atoms with van der Waals surface area (Å²) >= 11 is 0. The monoisotopic (exact) mass is 251 g/mol. The van der Waals surface area contributed by atoms with Crippen molar-refractivity contribution < 1.29 is 5.21 Å². The smallest absolute Gasteiger partial charge is 0.0934 e. The van der Waals surface area contributed by atoms with Gasteiger partial charge in [0, 0.05) is 12.4 Å². The summed E-state index contributed by atoms with van der Waals surface area (Å²) in [6, 6.07) is 14.6. The standard InChI is InChI=1S/C15H13N3O/c16-9-15(10-17)11-5-1-3-7-13(11)18(19)14-8-4-2-6-12(14)15/h1-10,16-17,19H. The number of para-hydroxylation sites is 2. The van der Waals surface area contributed by atoms with E-state index in [1.165, 1.54) is 12.4 Å². The van der Waals surface area contributed by atoms with Crippen molar-refractivity contribution >= 4 is 23.8 Å². The minimum atomic E-state index is -0.910. The zero-order valence-corrected chi connectivity index (χ0v) is 10.2. The molecule has 1 heterocycles. The van der Waals surface area contributed by atoms with Gasteiger partial charge in [0.05, 0.1) is 16.8 Å². The predicted octanol–water partition coefficient (Wildman–Crippen LogP) is 3.11. The molecule has 4 heteroatoms. The summed E-state index contributed by atoms with van der Waals surface area (Å²) in [5.41, 5.74) is 1.77. The van der Waals surface area contributed by atoms with Crippen LogP contribution < -0.4 is 5.06 Å². The van der Waals surface area contributed by atoms with E-state index in [2.05, 4.69) is 0 Å². The van der Waals surface area contributed by atoms with E-state index in [0.29, 0.717) is 11.4 Å². The number of rotatable bonds is 2. The molecular weight excluding hydrogens is 238 g/mol. The Morgan fingerprint density at radius 2 is 1.26 bits per heavy atom. The number of benzene rings is 2. The fourth-order valence-corrected chi connectivity index (χ4v) is 2.64. The number of hydrogen-bond donors (Lipinski definition) is 3. The molecule has 0 aromatic heterocycles. The average molecular weight is 251 g/mol. The lowest BCUT2D eigenvalue weighted by atomic mass is 9.73. The van der Waals surface area contributed by atoms with Gasteiger partial charge in [-0.1, -0.05) is 36.4 Å². The molecule has 1 aliphatic rings. The molecule has 2 aromatic rings. The summed E-state index contributed by atoms with van der Waals surface area (Å²) in [6.45, 7) is 0. The third-order valence-electron chi connectivity index (χ3n) is 3.61. The van der Waals surface area contributed by atoms with Crippen LogP contribution >= 0.6 is 0 Å². The van der Waals surface area contributed by atoms with E-state index in [9.17, 15) is 5.21 Å². The van der Waals surface area contributed by atoms with E-state index in [0.717, 1.165) is 16.2 Å². The zero-order chi connectivity index (χ0) is 13.5. The van der Waals surface area contributed by atoms with Crippen LogP contribution in [-0.2, 0) is 5.41 Å². The Morgan fingerprint density at radius 1 is 0.842 bits per heavy atom. The normalized spacial score (nSPS) is 15.3. The summed E-state index contributed by atoms with van der Waals surface area (Å²) in [7, 11) is 0. The van der Waals surface area contributed by atoms with Crippen LogP contribution in [0.1, 0.15) is 11.1 Å². The van der Waals surface area contributed by atoms with Crippen molar-refractivity contribution in [1.29, 1.82) is 10.8 Å². The van der Waals surface area contributed by atoms with Gasteiger partial charge in [-0.25, -0.2) is 5.06 Å². The summed E-state index contributed by atoms with van der Waals surface area (Å²) < 4.78 is 0. The second kappa shape index (κ2) is 4.03. The molecule has 0 saturated carbocycles. The molecular formula is C15H13N3O. The molecule has 19 heavy (non-hydrogen) atoms. The van der Waals surface area contributed by atoms with Gasteiger partial charge in [0.1, 0.15) is 0 Å². The first-order valence-electron chi connectivity index (χ1n) is 5.96. The fourth-order valence-electron chi connectivity index (χ4n) is 2.64. The van der Waals surface area contributed by atoms with Crippen LogP contribution in [-0.4, -0.2) is 17.6 Å². The Bertz CT molecular complexity index is 608. The molecule has 2 aromatic carbocycles. The maximum absolute atomic E-state index is 10.3. The van der Waals surface area contributed by atoms with Gasteiger partial charge < -0.3 is 10.8 Å². The first-order chi connectivity index (χ1) is 9.24. The summed E-state index contributed by atoms with van der Waals surface area (Å²) in [6.07, 6.45) is 2.51. The summed E-state index contributed by atoms with van der Waals surface area (Å²) in [5, 5.41) is 27.0. The molecule has 1 aliphatic heterocycles. The van der Waals surface area contributed by atoms with Crippen LogP contribution in [0.25, 0.3) is 0 Å². The van der Waals surface area contributed by atoms with Crippen molar-refractivity contribution in [3.63, 3.8) is 0 Å². The molecule has 0 bridgehead atoms. The highest BCUT2D eigenvalue weighted by Gasteiger charge is 2.40. The molecule has 0 amide bonds. The van der Waals surface area contributed by atoms with Crippen LogP contribution in [0.3, 0.4) is 0 Å². The van der Waals surface area contributed by atoms with Gasteiger partial charge in [-0.05, 0) is 23.3 Å². The summed E-state index contributed by atoms with van der Waals surface area (Å²) in [4.78, 5) is 0. The minimum absolute atomic E-state index is 0.605. The lowest BCUT2D eigenvalue weighted by Crippen LogP contribution is -2.38. The molecule has 0 atom stereocenters. The van der Waals surface area contributed by atoms with Crippen molar-refractivity contribution in [2.75, 3.05) is 5.06 Å². The Labute approximate surface area is 110 Å². The minimum Gasteiger partial charge on any atom is -0.311 e. The molecule has 3 rings (SSSR count). The maximum Gasteiger partial charge on any atom is 0.0934 e. The van der Waals surface area contributed by atoms with Crippen molar-refractivity contribution in [3.8, 4) is 0 Å². The third-order valence-corrected chi connectivity index (χ3v) is 3.61. The van der Waals surface area contributed by atoms with Crippen LogP contribution in [0.5, 0.6) is 0 Å². The van der Waals surface area contributed by atoms with E-state index in [-0.39, 0.29) is 0 Å². The van der Waals surface area contributed by atoms with E-state index in [1.54, 1.807) is 12.1 Å². The molecule has 0 spiro atoms. The third kappa shape index (κ3) is 1.37. The first kappa shape index (κ1) is 11.6. The first-order valence-corrected chi connectivity index (χ1v) is 5.96. The molecule has 4 nitrogen and oxygen atoms in total. The fraction of sp³-hybridized carbons (Fsp3) is 0.0667. The highest BCUT2D eigenvalue weighted by Crippen LogP contribution is 2.46. The number of fused-ring (bicyclic) bond motifs is 2. The quantitative estimate of drug-likeness (QED) is 0.717. The van der Waals surface area contributed by atoms with Crippen LogP contribution in [0.2, 0.25) is 0 Å². The molecule has 0 aliphatic carbocycles. The molecule has 0 unspecified atom stereocenters. The Morgan fingerprint density at radius 3 is 1.68 bits per heavy atom. The lowest BCUT2D eigenvalue weighted by Gasteiger charge is -2.38. The van der Waals surface area contributed by atoms with Gasteiger partial charge in [-0.15, -0.1) is 0 Å². The Hall–Kier alpha value is -2.46. The molecule has 0 fully saturated rings. The number of nitrogens with one attached hydrogen (secondary N) is 2. The molecule has 0 saturated heterocycles. The van der Waals surface area contributed by atoms with Gasteiger partial charge in [0.25, 0.3) is 0 Å². The number of hydrogen-bond acceptors (Lipinski definition) is 4. The van der Waals surface area contributed by atoms with E-state index in [1.807, 2.05) is 36.4 Å². The van der Waals surface area contributed by atoms with Gasteiger partial charge in [0.15, 0.2) is 0 Å². The van der Waals surface area contributed by atoms with Crippen molar-refractivity contribution in [2.45, 2.75) is 5.41 Å². The van der Waals surface area contributed by atoms with E-state index in [4.69, 9.17) is 10.8 Å². The molecule has 94 valence electrons. The Kier molecular flexibility index (Phi) is 2.47. The largest absolute Gasteiger partial charge is 0.311 e. The number of anilines is 2. The SMILES string of the molecule is N=CC1(C=N)c2ccccc2N(O)c2ccccc21. The summed E-state index contributed by atoms with van der Waals surface area (Å²) in [5.74, 6) is 0. The highest BCUT2D eigenvalue weighted by molar-refractivity contribution is 6.04. The van der Waals surface area contributed by atoms with E-state index < -0.39 is 5.41 Å². The number of nitrogens with zero attached hydrogens (tertiary/aromatic N) is 1. The van der Waals surface area contributed by atoms with Gasteiger partial charge in [0.2, 0.25) is 0 Å². The zero-order valence-electron chi connectivity index (χ0n) is 10.2. The second-order valence-electron chi connectivity index (χ2n) is 4.50. The van der Waals surface area contributed by atoms with Gasteiger partial charge >= 0.3 is 0 Å².